The standard InChI is InChI=1S/C15H14Cl2N2O4/c1-8(23-15(21)12-6-10(17)7-18-12)14(20)19-11-5-9(16)3-4-13(11)22-2/h3-8,18H,1-2H3,(H,19,20)/t8-/m0/s1. The van der Waals surface area contributed by atoms with Crippen LogP contribution in [0.2, 0.25) is 10.0 Å². The lowest BCUT2D eigenvalue weighted by Gasteiger charge is -2.15. The lowest BCUT2D eigenvalue weighted by atomic mass is 10.2. The zero-order chi connectivity index (χ0) is 17.0. The van der Waals surface area contributed by atoms with Gasteiger partial charge >= 0.3 is 5.97 Å². The molecule has 0 aliphatic heterocycles. The van der Waals surface area contributed by atoms with Gasteiger partial charge in [0.15, 0.2) is 6.10 Å². The van der Waals surface area contributed by atoms with E-state index in [1.54, 1.807) is 12.1 Å². The number of carbonyl (C=O) groups excluding carboxylic acids is 2. The molecule has 0 unspecified atom stereocenters. The molecule has 1 heterocycles. The number of benzene rings is 1. The molecule has 2 aromatic rings. The van der Waals surface area contributed by atoms with Crippen LogP contribution >= 0.6 is 23.2 Å². The summed E-state index contributed by atoms with van der Waals surface area (Å²) in [6, 6.07) is 6.20. The largest absolute Gasteiger partial charge is 0.495 e. The van der Waals surface area contributed by atoms with E-state index in [1.807, 2.05) is 0 Å². The fraction of sp³-hybridized carbons (Fsp3) is 0.200. The minimum atomic E-state index is -1.02. The van der Waals surface area contributed by atoms with Crippen LogP contribution in [0.15, 0.2) is 30.5 Å². The van der Waals surface area contributed by atoms with Gasteiger partial charge in [0.25, 0.3) is 5.91 Å². The number of aromatic nitrogens is 1. The zero-order valence-corrected chi connectivity index (χ0v) is 13.9. The number of amides is 1. The minimum Gasteiger partial charge on any atom is -0.495 e. The molecule has 0 radical (unpaired) electrons. The van der Waals surface area contributed by atoms with Crippen LogP contribution in [0.4, 0.5) is 5.69 Å². The molecule has 0 aliphatic carbocycles. The smallest absolute Gasteiger partial charge is 0.355 e. The second kappa shape index (κ2) is 7.39. The molecule has 2 rings (SSSR count). The van der Waals surface area contributed by atoms with Crippen LogP contribution in [0.1, 0.15) is 17.4 Å². The number of esters is 1. The van der Waals surface area contributed by atoms with Gasteiger partial charge in [-0.2, -0.15) is 0 Å². The summed E-state index contributed by atoms with van der Waals surface area (Å²) in [5.41, 5.74) is 0.547. The van der Waals surface area contributed by atoms with Crippen LogP contribution in [-0.2, 0) is 9.53 Å². The fourth-order valence-corrected chi connectivity index (χ4v) is 2.11. The van der Waals surface area contributed by atoms with Gasteiger partial charge in [0.1, 0.15) is 11.4 Å². The van der Waals surface area contributed by atoms with Crippen LogP contribution in [0.5, 0.6) is 5.75 Å². The first kappa shape index (κ1) is 17.2. The molecule has 0 saturated carbocycles. The van der Waals surface area contributed by atoms with Crippen molar-refractivity contribution in [2.75, 3.05) is 12.4 Å². The number of carbonyl (C=O) groups is 2. The summed E-state index contributed by atoms with van der Waals surface area (Å²) in [5.74, 6) is -0.758. The molecule has 1 aromatic carbocycles. The Kier molecular flexibility index (Phi) is 5.52. The van der Waals surface area contributed by atoms with Gasteiger partial charge < -0.3 is 19.8 Å². The van der Waals surface area contributed by atoms with E-state index in [9.17, 15) is 9.59 Å². The molecule has 6 nitrogen and oxygen atoms in total. The Morgan fingerprint density at radius 3 is 2.57 bits per heavy atom. The third-order valence-corrected chi connectivity index (χ3v) is 3.39. The maximum absolute atomic E-state index is 12.1. The topological polar surface area (TPSA) is 80.4 Å². The Balaban J connectivity index is 2.03. The predicted octanol–water partition coefficient (Wildman–Crippen LogP) is 3.51. The number of halogens is 2. The summed E-state index contributed by atoms with van der Waals surface area (Å²) < 4.78 is 10.2. The van der Waals surface area contributed by atoms with Crippen molar-refractivity contribution in [3.8, 4) is 5.75 Å². The summed E-state index contributed by atoms with van der Waals surface area (Å²) in [4.78, 5) is 26.7. The highest BCUT2D eigenvalue weighted by atomic mass is 35.5. The van der Waals surface area contributed by atoms with Gasteiger partial charge in [0.2, 0.25) is 0 Å². The van der Waals surface area contributed by atoms with E-state index >= 15 is 0 Å². The van der Waals surface area contributed by atoms with E-state index in [-0.39, 0.29) is 5.69 Å². The summed E-state index contributed by atoms with van der Waals surface area (Å²) >= 11 is 11.6. The quantitative estimate of drug-likeness (QED) is 0.803. The van der Waals surface area contributed by atoms with Crippen LogP contribution in [0.25, 0.3) is 0 Å². The average Bonchev–Trinajstić information content (AvgIpc) is 2.94. The Labute approximate surface area is 142 Å². The number of methoxy groups -OCH3 is 1. The normalized spacial score (nSPS) is 11.7. The molecule has 1 atom stereocenters. The Morgan fingerprint density at radius 2 is 1.96 bits per heavy atom. The first-order chi connectivity index (χ1) is 10.9. The van der Waals surface area contributed by atoms with Crippen molar-refractivity contribution in [1.29, 1.82) is 0 Å². The van der Waals surface area contributed by atoms with E-state index in [0.29, 0.717) is 21.5 Å². The monoisotopic (exact) mass is 356 g/mol. The van der Waals surface area contributed by atoms with Gasteiger partial charge in [-0.3, -0.25) is 4.79 Å². The molecule has 1 aromatic heterocycles. The van der Waals surface area contributed by atoms with Crippen molar-refractivity contribution in [1.82, 2.24) is 4.98 Å². The third kappa shape index (κ3) is 4.40. The van der Waals surface area contributed by atoms with Gasteiger partial charge in [-0.25, -0.2) is 4.79 Å². The summed E-state index contributed by atoms with van der Waals surface area (Å²) in [5, 5.41) is 3.41. The molecule has 0 saturated heterocycles. The molecule has 8 heteroatoms. The number of hydrogen-bond acceptors (Lipinski definition) is 4. The SMILES string of the molecule is COc1ccc(Cl)cc1NC(=O)[C@H](C)OC(=O)c1cc(Cl)c[nH]1. The maximum Gasteiger partial charge on any atom is 0.355 e. The molecule has 23 heavy (non-hydrogen) atoms. The van der Waals surface area contributed by atoms with Crippen molar-refractivity contribution < 1.29 is 19.1 Å². The lowest BCUT2D eigenvalue weighted by Crippen LogP contribution is -2.30. The van der Waals surface area contributed by atoms with Crippen LogP contribution in [0.3, 0.4) is 0 Å². The number of ether oxygens (including phenoxy) is 2. The van der Waals surface area contributed by atoms with Gasteiger partial charge in [-0.1, -0.05) is 23.2 Å². The van der Waals surface area contributed by atoms with Crippen molar-refractivity contribution in [2.24, 2.45) is 0 Å². The summed E-state index contributed by atoms with van der Waals surface area (Å²) in [6.45, 7) is 1.45. The highest BCUT2D eigenvalue weighted by Gasteiger charge is 2.21. The van der Waals surface area contributed by atoms with E-state index < -0.39 is 18.0 Å². The minimum absolute atomic E-state index is 0.162. The summed E-state index contributed by atoms with van der Waals surface area (Å²) in [6.07, 6.45) is 0.424. The Morgan fingerprint density at radius 1 is 1.22 bits per heavy atom. The van der Waals surface area contributed by atoms with Crippen molar-refractivity contribution in [3.63, 3.8) is 0 Å². The first-order valence-corrected chi connectivity index (χ1v) is 7.35. The molecule has 0 aliphatic rings. The van der Waals surface area contributed by atoms with E-state index in [4.69, 9.17) is 32.7 Å². The average molecular weight is 357 g/mol. The number of H-pyrrole nitrogens is 1. The highest BCUT2D eigenvalue weighted by molar-refractivity contribution is 6.31. The summed E-state index contributed by atoms with van der Waals surface area (Å²) in [7, 11) is 1.47. The van der Waals surface area contributed by atoms with Gasteiger partial charge in [-0.15, -0.1) is 0 Å². The van der Waals surface area contributed by atoms with Gasteiger partial charge in [0.05, 0.1) is 17.8 Å². The molecule has 122 valence electrons. The van der Waals surface area contributed by atoms with Crippen molar-refractivity contribution >= 4 is 40.8 Å². The van der Waals surface area contributed by atoms with Crippen LogP contribution < -0.4 is 10.1 Å². The van der Waals surface area contributed by atoms with E-state index in [2.05, 4.69) is 10.3 Å². The number of rotatable bonds is 5. The number of nitrogens with one attached hydrogen (secondary N) is 2. The molecule has 1 amide bonds. The molecule has 0 bridgehead atoms. The Hall–Kier alpha value is -2.18. The number of anilines is 1. The fourth-order valence-electron chi connectivity index (χ4n) is 1.78. The number of aromatic amines is 1. The van der Waals surface area contributed by atoms with Gasteiger partial charge in [0, 0.05) is 11.2 Å². The molecule has 2 N–H and O–H groups in total. The Bertz CT molecular complexity index is 730. The van der Waals surface area contributed by atoms with Crippen LogP contribution in [-0.4, -0.2) is 30.1 Å². The van der Waals surface area contributed by atoms with Crippen molar-refractivity contribution in [2.45, 2.75) is 13.0 Å². The molecular formula is C15H14Cl2N2O4. The maximum atomic E-state index is 12.1. The molecular weight excluding hydrogens is 343 g/mol. The van der Waals surface area contributed by atoms with E-state index in [1.165, 1.54) is 32.4 Å². The van der Waals surface area contributed by atoms with Crippen molar-refractivity contribution in [3.05, 3.63) is 46.2 Å². The lowest BCUT2D eigenvalue weighted by molar-refractivity contribution is -0.123. The molecule has 0 fully saturated rings. The van der Waals surface area contributed by atoms with Gasteiger partial charge in [-0.05, 0) is 31.2 Å². The predicted molar refractivity (Wildman–Crippen MR) is 87.3 cm³/mol. The van der Waals surface area contributed by atoms with E-state index in [0.717, 1.165) is 0 Å². The third-order valence-electron chi connectivity index (χ3n) is 2.94. The number of hydrogen-bond donors (Lipinski definition) is 2. The second-order valence-corrected chi connectivity index (χ2v) is 5.49. The van der Waals surface area contributed by atoms with Crippen LogP contribution in [0, 0.1) is 0 Å². The highest BCUT2D eigenvalue weighted by Crippen LogP contribution is 2.27. The molecule has 0 spiro atoms. The zero-order valence-electron chi connectivity index (χ0n) is 12.4. The second-order valence-electron chi connectivity index (χ2n) is 4.61. The first-order valence-electron chi connectivity index (χ1n) is 6.60.